The van der Waals surface area contributed by atoms with Crippen LogP contribution in [0.5, 0.6) is 0 Å². The quantitative estimate of drug-likeness (QED) is 0.897. The molecule has 1 aliphatic heterocycles. The van der Waals surface area contributed by atoms with E-state index < -0.39 is 11.1 Å². The summed E-state index contributed by atoms with van der Waals surface area (Å²) in [5.41, 5.74) is -0.429. The van der Waals surface area contributed by atoms with Crippen molar-refractivity contribution in [1.82, 2.24) is 20.0 Å². The van der Waals surface area contributed by atoms with Gasteiger partial charge in [0.1, 0.15) is 11.1 Å². The summed E-state index contributed by atoms with van der Waals surface area (Å²) >= 11 is 6.26. The normalized spacial score (nSPS) is 20.6. The van der Waals surface area contributed by atoms with Gasteiger partial charge in [0.2, 0.25) is 11.8 Å². The van der Waals surface area contributed by atoms with Crippen LogP contribution in [0.2, 0.25) is 5.02 Å². The lowest BCUT2D eigenvalue weighted by Gasteiger charge is -2.47. The molecule has 0 spiro atoms. The monoisotopic (exact) mass is 312 g/mol. The van der Waals surface area contributed by atoms with Crippen LogP contribution >= 0.6 is 11.6 Å². The third kappa shape index (κ3) is 2.41. The first-order valence-electron chi connectivity index (χ1n) is 6.81. The highest BCUT2D eigenvalue weighted by Crippen LogP contribution is 2.30. The number of amides is 2. The van der Waals surface area contributed by atoms with Crippen molar-refractivity contribution in [2.24, 2.45) is 7.05 Å². The number of rotatable bonds is 2. The molecular weight excluding hydrogens is 292 g/mol. The number of halogens is 1. The number of hydrogen-bond acceptors (Lipinski definition) is 3. The zero-order valence-electron chi connectivity index (χ0n) is 13.2. The molecule has 0 atom stereocenters. The van der Waals surface area contributed by atoms with Gasteiger partial charge in [-0.05, 0) is 34.6 Å². The Hall–Kier alpha value is -1.56. The van der Waals surface area contributed by atoms with E-state index >= 15 is 0 Å². The van der Waals surface area contributed by atoms with Crippen molar-refractivity contribution in [2.45, 2.75) is 52.2 Å². The summed E-state index contributed by atoms with van der Waals surface area (Å²) in [6.45, 7) is 8.92. The molecule has 6 nitrogen and oxygen atoms in total. The van der Waals surface area contributed by atoms with Gasteiger partial charge in [-0.15, -0.1) is 0 Å². The standard InChI is InChI=1S/C14H21ClN4O2/c1-8-10(15)9(18(6)17-8)7-19-12(21)13(2,3)16-11(20)14(19,4)5/h7H2,1-6H3,(H,16,20). The molecule has 2 amide bonds. The molecule has 1 aliphatic rings. The van der Waals surface area contributed by atoms with E-state index in [0.717, 1.165) is 5.69 Å². The Labute approximate surface area is 129 Å². The number of aromatic nitrogens is 2. The second kappa shape index (κ2) is 4.73. The summed E-state index contributed by atoms with van der Waals surface area (Å²) in [5.74, 6) is -0.316. The number of carbonyl (C=O) groups excluding carboxylic acids is 2. The summed E-state index contributed by atoms with van der Waals surface area (Å²) in [6.07, 6.45) is 0. The Kier molecular flexibility index (Phi) is 3.56. The molecule has 116 valence electrons. The third-order valence-corrected chi connectivity index (χ3v) is 4.50. The molecule has 0 saturated carbocycles. The molecule has 7 heteroatoms. The van der Waals surface area contributed by atoms with Crippen molar-refractivity contribution >= 4 is 23.4 Å². The molecule has 1 fully saturated rings. The van der Waals surface area contributed by atoms with Gasteiger partial charge in [-0.2, -0.15) is 5.10 Å². The van der Waals surface area contributed by atoms with E-state index in [0.29, 0.717) is 10.7 Å². The highest BCUT2D eigenvalue weighted by molar-refractivity contribution is 6.31. The minimum Gasteiger partial charge on any atom is -0.340 e. The maximum atomic E-state index is 12.7. The van der Waals surface area contributed by atoms with Crippen LogP contribution < -0.4 is 5.32 Å². The molecule has 2 heterocycles. The number of piperazine rings is 1. The maximum absolute atomic E-state index is 12.7. The van der Waals surface area contributed by atoms with Crippen LogP contribution in [0.4, 0.5) is 0 Å². The van der Waals surface area contributed by atoms with Gasteiger partial charge in [-0.25, -0.2) is 0 Å². The predicted octanol–water partition coefficient (Wildman–Crippen LogP) is 1.40. The van der Waals surface area contributed by atoms with Crippen LogP contribution in [0.25, 0.3) is 0 Å². The Morgan fingerprint density at radius 2 is 1.81 bits per heavy atom. The van der Waals surface area contributed by atoms with E-state index in [1.54, 1.807) is 44.3 Å². The Morgan fingerprint density at radius 3 is 2.29 bits per heavy atom. The summed E-state index contributed by atoms with van der Waals surface area (Å²) in [4.78, 5) is 26.5. The fraction of sp³-hybridized carbons (Fsp3) is 0.643. The van der Waals surface area contributed by atoms with E-state index in [9.17, 15) is 9.59 Å². The summed E-state index contributed by atoms with van der Waals surface area (Å²) in [5, 5.41) is 7.54. The molecule has 21 heavy (non-hydrogen) atoms. The summed E-state index contributed by atoms with van der Waals surface area (Å²) in [6, 6.07) is 0. The van der Waals surface area contributed by atoms with Crippen molar-refractivity contribution in [3.63, 3.8) is 0 Å². The third-order valence-electron chi connectivity index (χ3n) is 4.01. The Balaban J connectivity index is 2.44. The first-order valence-corrected chi connectivity index (χ1v) is 7.19. The van der Waals surface area contributed by atoms with Crippen LogP contribution in [0.1, 0.15) is 39.1 Å². The highest BCUT2D eigenvalue weighted by Gasteiger charge is 2.50. The molecule has 1 aromatic rings. The van der Waals surface area contributed by atoms with Gasteiger partial charge in [0.25, 0.3) is 0 Å². The molecule has 0 aliphatic carbocycles. The van der Waals surface area contributed by atoms with Crippen LogP contribution in [-0.2, 0) is 23.2 Å². The van der Waals surface area contributed by atoms with Crippen molar-refractivity contribution < 1.29 is 9.59 Å². The molecule has 0 radical (unpaired) electrons. The van der Waals surface area contributed by atoms with Gasteiger partial charge >= 0.3 is 0 Å². The molecule has 1 saturated heterocycles. The van der Waals surface area contributed by atoms with Gasteiger partial charge < -0.3 is 10.2 Å². The topological polar surface area (TPSA) is 67.2 Å². The number of nitrogens with one attached hydrogen (secondary N) is 1. The summed E-state index contributed by atoms with van der Waals surface area (Å²) < 4.78 is 1.65. The number of aryl methyl sites for hydroxylation is 2. The van der Waals surface area contributed by atoms with Crippen molar-refractivity contribution in [2.75, 3.05) is 0 Å². The lowest BCUT2D eigenvalue weighted by molar-refractivity contribution is -0.160. The van der Waals surface area contributed by atoms with Gasteiger partial charge in [0, 0.05) is 7.05 Å². The van der Waals surface area contributed by atoms with Crippen LogP contribution in [0.3, 0.4) is 0 Å². The average Bonchev–Trinajstić information content (AvgIpc) is 2.58. The van der Waals surface area contributed by atoms with Crippen molar-refractivity contribution in [3.05, 3.63) is 16.4 Å². The molecule has 1 aromatic heterocycles. The Morgan fingerprint density at radius 1 is 1.24 bits per heavy atom. The molecule has 0 aromatic carbocycles. The van der Waals surface area contributed by atoms with Crippen LogP contribution in [0, 0.1) is 6.92 Å². The van der Waals surface area contributed by atoms with E-state index in [1.807, 2.05) is 6.92 Å². The molecule has 0 unspecified atom stereocenters. The van der Waals surface area contributed by atoms with E-state index in [-0.39, 0.29) is 18.4 Å². The highest BCUT2D eigenvalue weighted by atomic mass is 35.5. The van der Waals surface area contributed by atoms with Gasteiger partial charge in [0.15, 0.2) is 0 Å². The fourth-order valence-electron chi connectivity index (χ4n) is 2.48. The lowest BCUT2D eigenvalue weighted by Crippen LogP contribution is -2.71. The van der Waals surface area contributed by atoms with Gasteiger partial charge in [-0.3, -0.25) is 14.3 Å². The number of nitrogens with zero attached hydrogens (tertiary/aromatic N) is 3. The van der Waals surface area contributed by atoms with Gasteiger partial charge in [0.05, 0.1) is 23.0 Å². The van der Waals surface area contributed by atoms with Gasteiger partial charge in [-0.1, -0.05) is 11.6 Å². The zero-order chi connectivity index (χ0) is 16.2. The lowest BCUT2D eigenvalue weighted by atomic mass is 9.89. The first-order chi connectivity index (χ1) is 9.48. The second-order valence-electron chi connectivity index (χ2n) is 6.50. The molecule has 0 bridgehead atoms. The predicted molar refractivity (Wildman–Crippen MR) is 79.8 cm³/mol. The maximum Gasteiger partial charge on any atom is 0.248 e. The largest absolute Gasteiger partial charge is 0.340 e. The fourth-order valence-corrected chi connectivity index (χ4v) is 2.70. The van der Waals surface area contributed by atoms with Crippen molar-refractivity contribution in [1.29, 1.82) is 0 Å². The zero-order valence-corrected chi connectivity index (χ0v) is 14.0. The first kappa shape index (κ1) is 15.8. The minimum atomic E-state index is -0.936. The Bertz CT molecular complexity index is 619. The number of carbonyl (C=O) groups is 2. The minimum absolute atomic E-state index is 0.137. The van der Waals surface area contributed by atoms with E-state index in [4.69, 9.17) is 11.6 Å². The van der Waals surface area contributed by atoms with Crippen LogP contribution in [-0.4, -0.2) is 37.6 Å². The SMILES string of the molecule is Cc1nn(C)c(CN2C(=O)C(C)(C)NC(=O)C2(C)C)c1Cl. The molecule has 1 N–H and O–H groups in total. The van der Waals surface area contributed by atoms with E-state index in [2.05, 4.69) is 10.4 Å². The summed E-state index contributed by atoms with van der Waals surface area (Å²) in [7, 11) is 1.78. The second-order valence-corrected chi connectivity index (χ2v) is 6.88. The average molecular weight is 313 g/mol. The van der Waals surface area contributed by atoms with Crippen LogP contribution in [0.15, 0.2) is 0 Å². The number of hydrogen-bond donors (Lipinski definition) is 1. The van der Waals surface area contributed by atoms with E-state index in [1.165, 1.54) is 0 Å². The molecule has 2 rings (SSSR count). The molecular formula is C14H21ClN4O2. The smallest absolute Gasteiger partial charge is 0.248 e. The van der Waals surface area contributed by atoms with Crippen molar-refractivity contribution in [3.8, 4) is 0 Å².